The molecular weight excluding hydrogens is 297 g/mol. The van der Waals surface area contributed by atoms with Crippen LogP contribution < -0.4 is 4.31 Å². The first kappa shape index (κ1) is 15.0. The van der Waals surface area contributed by atoms with Gasteiger partial charge in [-0.1, -0.05) is 18.2 Å². The maximum atomic E-state index is 13.3. The summed E-state index contributed by atoms with van der Waals surface area (Å²) in [7, 11) is -2.90. The Kier molecular flexibility index (Phi) is 3.95. The molecule has 0 heterocycles. The van der Waals surface area contributed by atoms with Crippen molar-refractivity contribution in [2.24, 2.45) is 0 Å². The molecule has 0 aliphatic carbocycles. The monoisotopic (exact) mass is 309 g/mol. The minimum absolute atomic E-state index is 0.345. The van der Waals surface area contributed by atoms with E-state index in [0.717, 1.165) is 16.4 Å². The summed E-state index contributed by atoms with van der Waals surface area (Å²) in [6.07, 6.45) is 0. The Hall–Kier alpha value is -2.41. The van der Waals surface area contributed by atoms with Crippen molar-refractivity contribution in [2.75, 3.05) is 11.4 Å². The second-order valence-electron chi connectivity index (χ2n) is 4.25. The predicted molar refractivity (Wildman–Crippen MR) is 75.4 cm³/mol. The molecule has 1 N–H and O–H groups in total. The largest absolute Gasteiger partial charge is 0.478 e. The number of aromatic carboxylic acids is 1. The van der Waals surface area contributed by atoms with Gasteiger partial charge in [-0.25, -0.2) is 17.6 Å². The number of carbonyl (C=O) groups is 1. The molecule has 0 bridgehead atoms. The lowest BCUT2D eigenvalue weighted by Crippen LogP contribution is -2.28. The third kappa shape index (κ3) is 2.87. The lowest BCUT2D eigenvalue weighted by Gasteiger charge is -2.20. The molecular formula is C14H12FNO4S. The summed E-state index contributed by atoms with van der Waals surface area (Å²) in [6, 6.07) is 10.7. The molecule has 21 heavy (non-hydrogen) atoms. The van der Waals surface area contributed by atoms with Crippen LogP contribution in [0.1, 0.15) is 10.4 Å². The van der Waals surface area contributed by atoms with Gasteiger partial charge in [0.1, 0.15) is 10.7 Å². The molecule has 0 aliphatic heterocycles. The fourth-order valence-electron chi connectivity index (χ4n) is 1.81. The SMILES string of the molecule is CN(c1ccccc1)S(=O)(=O)c1cc(F)ccc1C(=O)O. The third-order valence-corrected chi connectivity index (χ3v) is 4.76. The van der Waals surface area contributed by atoms with Crippen molar-refractivity contribution < 1.29 is 22.7 Å². The van der Waals surface area contributed by atoms with E-state index in [1.165, 1.54) is 7.05 Å². The standard InChI is InChI=1S/C14H12FNO4S/c1-16(11-5-3-2-4-6-11)21(19,20)13-9-10(15)7-8-12(13)14(17)18/h2-9H,1H3,(H,17,18). The molecule has 2 aromatic rings. The quantitative estimate of drug-likeness (QED) is 0.940. The predicted octanol–water partition coefficient (Wildman–Crippen LogP) is 2.35. The fraction of sp³-hybridized carbons (Fsp3) is 0.0714. The van der Waals surface area contributed by atoms with Crippen LogP contribution in [0.5, 0.6) is 0 Å². The maximum Gasteiger partial charge on any atom is 0.337 e. The number of nitrogens with zero attached hydrogens (tertiary/aromatic N) is 1. The Labute approximate surface area is 121 Å². The highest BCUT2D eigenvalue weighted by Crippen LogP contribution is 2.25. The lowest BCUT2D eigenvalue weighted by molar-refractivity contribution is 0.0692. The number of halogens is 1. The Morgan fingerprint density at radius 3 is 2.33 bits per heavy atom. The topological polar surface area (TPSA) is 74.7 Å². The Morgan fingerprint density at radius 2 is 1.76 bits per heavy atom. The molecule has 0 spiro atoms. The van der Waals surface area contributed by atoms with E-state index >= 15 is 0 Å². The Bertz CT molecular complexity index is 775. The van der Waals surface area contributed by atoms with Crippen LogP contribution in [-0.4, -0.2) is 26.5 Å². The van der Waals surface area contributed by atoms with E-state index in [9.17, 15) is 17.6 Å². The van der Waals surface area contributed by atoms with Gasteiger partial charge < -0.3 is 5.11 Å². The van der Waals surface area contributed by atoms with Crippen molar-refractivity contribution >= 4 is 21.7 Å². The van der Waals surface area contributed by atoms with Crippen LogP contribution in [0.15, 0.2) is 53.4 Å². The number of carboxylic acids is 1. The lowest BCUT2D eigenvalue weighted by atomic mass is 10.2. The van der Waals surface area contributed by atoms with Crippen molar-refractivity contribution in [1.29, 1.82) is 0 Å². The third-order valence-electron chi connectivity index (χ3n) is 2.93. The van der Waals surface area contributed by atoms with E-state index in [4.69, 9.17) is 5.11 Å². The van der Waals surface area contributed by atoms with Crippen LogP contribution in [0.25, 0.3) is 0 Å². The minimum Gasteiger partial charge on any atom is -0.478 e. The zero-order valence-corrected chi connectivity index (χ0v) is 11.8. The van der Waals surface area contributed by atoms with Gasteiger partial charge in [0.2, 0.25) is 0 Å². The summed E-state index contributed by atoms with van der Waals surface area (Å²) in [5, 5.41) is 9.07. The molecule has 7 heteroatoms. The number of hydrogen-bond acceptors (Lipinski definition) is 3. The molecule has 0 amide bonds. The molecule has 0 unspecified atom stereocenters. The van der Waals surface area contributed by atoms with E-state index in [0.29, 0.717) is 11.8 Å². The van der Waals surface area contributed by atoms with Gasteiger partial charge in [0.15, 0.2) is 0 Å². The fourth-order valence-corrected chi connectivity index (χ4v) is 3.20. The van der Waals surface area contributed by atoms with E-state index in [1.807, 2.05) is 0 Å². The highest BCUT2D eigenvalue weighted by molar-refractivity contribution is 7.92. The number of sulfonamides is 1. The van der Waals surface area contributed by atoms with Gasteiger partial charge in [-0.2, -0.15) is 0 Å². The second-order valence-corrected chi connectivity index (χ2v) is 6.19. The molecule has 110 valence electrons. The van der Waals surface area contributed by atoms with Crippen LogP contribution in [0.3, 0.4) is 0 Å². The normalized spacial score (nSPS) is 11.1. The summed E-state index contributed by atoms with van der Waals surface area (Å²) in [5.41, 5.74) is -0.128. The van der Waals surface area contributed by atoms with Gasteiger partial charge in [0.05, 0.1) is 11.3 Å². The first-order valence-corrected chi connectivity index (χ1v) is 7.35. The van der Waals surface area contributed by atoms with E-state index in [2.05, 4.69) is 0 Å². The molecule has 0 saturated heterocycles. The molecule has 5 nitrogen and oxygen atoms in total. The van der Waals surface area contributed by atoms with Crippen LogP contribution in [0.4, 0.5) is 10.1 Å². The van der Waals surface area contributed by atoms with Crippen molar-refractivity contribution in [3.63, 3.8) is 0 Å². The van der Waals surface area contributed by atoms with Crippen LogP contribution in [-0.2, 0) is 10.0 Å². The average Bonchev–Trinajstić information content (AvgIpc) is 2.47. The highest BCUT2D eigenvalue weighted by Gasteiger charge is 2.27. The van der Waals surface area contributed by atoms with E-state index in [-0.39, 0.29) is 0 Å². The summed E-state index contributed by atoms with van der Waals surface area (Å²) in [5.74, 6) is -2.25. The maximum absolute atomic E-state index is 13.3. The summed E-state index contributed by atoms with van der Waals surface area (Å²) in [6.45, 7) is 0. The molecule has 0 radical (unpaired) electrons. The van der Waals surface area contributed by atoms with Gasteiger partial charge in [0.25, 0.3) is 10.0 Å². The highest BCUT2D eigenvalue weighted by atomic mass is 32.2. The minimum atomic E-state index is -4.18. The van der Waals surface area contributed by atoms with E-state index in [1.54, 1.807) is 30.3 Å². The number of para-hydroxylation sites is 1. The zero-order chi connectivity index (χ0) is 15.6. The van der Waals surface area contributed by atoms with Gasteiger partial charge in [0, 0.05) is 7.05 Å². The van der Waals surface area contributed by atoms with Gasteiger partial charge in [-0.05, 0) is 30.3 Å². The number of rotatable bonds is 4. The van der Waals surface area contributed by atoms with E-state index < -0.39 is 32.3 Å². The Balaban J connectivity index is 2.59. The molecule has 0 atom stereocenters. The van der Waals surface area contributed by atoms with Crippen molar-refractivity contribution in [3.8, 4) is 0 Å². The summed E-state index contributed by atoms with van der Waals surface area (Å²) >= 11 is 0. The number of hydrogen-bond donors (Lipinski definition) is 1. The number of carboxylic acid groups (broad SMARTS) is 1. The van der Waals surface area contributed by atoms with Crippen molar-refractivity contribution in [1.82, 2.24) is 0 Å². The molecule has 0 fully saturated rings. The van der Waals surface area contributed by atoms with Gasteiger partial charge >= 0.3 is 5.97 Å². The first-order chi connectivity index (χ1) is 9.84. The Morgan fingerprint density at radius 1 is 1.14 bits per heavy atom. The van der Waals surface area contributed by atoms with Crippen molar-refractivity contribution in [2.45, 2.75) is 4.90 Å². The molecule has 2 aromatic carbocycles. The van der Waals surface area contributed by atoms with Crippen LogP contribution in [0, 0.1) is 5.82 Å². The zero-order valence-electron chi connectivity index (χ0n) is 11.0. The molecule has 0 aliphatic rings. The number of benzene rings is 2. The van der Waals surface area contributed by atoms with Gasteiger partial charge in [-0.3, -0.25) is 4.31 Å². The number of anilines is 1. The average molecular weight is 309 g/mol. The summed E-state index contributed by atoms with van der Waals surface area (Å²) in [4.78, 5) is 10.6. The molecule has 0 aromatic heterocycles. The summed E-state index contributed by atoms with van der Waals surface area (Å²) < 4.78 is 39.3. The second kappa shape index (κ2) is 5.53. The van der Waals surface area contributed by atoms with Crippen molar-refractivity contribution in [3.05, 3.63) is 59.9 Å². The van der Waals surface area contributed by atoms with Gasteiger partial charge in [-0.15, -0.1) is 0 Å². The molecule has 0 saturated carbocycles. The smallest absolute Gasteiger partial charge is 0.337 e. The van der Waals surface area contributed by atoms with Crippen LogP contribution in [0.2, 0.25) is 0 Å². The molecule has 2 rings (SSSR count). The van der Waals surface area contributed by atoms with Crippen LogP contribution >= 0.6 is 0 Å². The first-order valence-electron chi connectivity index (χ1n) is 5.91.